The van der Waals surface area contributed by atoms with Crippen molar-refractivity contribution < 1.29 is 24.0 Å². The molecule has 0 saturated carbocycles. The summed E-state index contributed by atoms with van der Waals surface area (Å²) in [5, 5.41) is 11.8. The average molecular weight is 645 g/mol. The van der Waals surface area contributed by atoms with Crippen LogP contribution in [0.4, 0.5) is 11.4 Å². The van der Waals surface area contributed by atoms with E-state index in [1.807, 2.05) is 0 Å². The first-order chi connectivity index (χ1) is 20.2. The van der Waals surface area contributed by atoms with E-state index in [0.717, 1.165) is 33.6 Å². The molecular weight excluding hydrogens is 625 g/mol. The minimum Gasteiger partial charge on any atom is -0.493 e. The van der Waals surface area contributed by atoms with Crippen molar-refractivity contribution in [3.63, 3.8) is 0 Å². The number of aromatic nitrogens is 1. The molecule has 1 N–H and O–H groups in total. The van der Waals surface area contributed by atoms with Gasteiger partial charge in [-0.2, -0.15) is 0 Å². The van der Waals surface area contributed by atoms with E-state index in [2.05, 4.69) is 4.98 Å². The Bertz CT molecular complexity index is 1810. The molecule has 1 fully saturated rings. The number of nitro groups is 1. The molecule has 2 aliphatic heterocycles. The van der Waals surface area contributed by atoms with Crippen molar-refractivity contribution in [1.29, 1.82) is 0 Å². The Morgan fingerprint density at radius 2 is 1.76 bits per heavy atom. The number of hydrogen-bond donors (Lipinski definition) is 1. The van der Waals surface area contributed by atoms with E-state index in [0.29, 0.717) is 37.0 Å². The molecule has 0 radical (unpaired) electrons. The number of benzene rings is 3. The monoisotopic (exact) mass is 643 g/mol. The van der Waals surface area contributed by atoms with Gasteiger partial charge in [0, 0.05) is 38.5 Å². The van der Waals surface area contributed by atoms with E-state index in [1.54, 1.807) is 36.4 Å². The topological polar surface area (TPSA) is 132 Å². The van der Waals surface area contributed by atoms with Crippen LogP contribution in [0, 0.1) is 16.0 Å². The Kier molecular flexibility index (Phi) is 7.48. The number of amides is 2. The van der Waals surface area contributed by atoms with Crippen LogP contribution in [0.1, 0.15) is 21.9 Å². The molecule has 1 aromatic heterocycles. The van der Waals surface area contributed by atoms with Crippen molar-refractivity contribution >= 4 is 69.5 Å². The lowest BCUT2D eigenvalue weighted by molar-refractivity contribution is -0.384. The van der Waals surface area contributed by atoms with Gasteiger partial charge >= 0.3 is 4.87 Å². The average Bonchev–Trinajstić information content (AvgIpc) is 3.46. The van der Waals surface area contributed by atoms with E-state index in [-0.39, 0.29) is 22.9 Å². The maximum absolute atomic E-state index is 13.9. The number of carbonyl (C=O) groups is 2. The van der Waals surface area contributed by atoms with Crippen molar-refractivity contribution in [2.45, 2.75) is 22.8 Å². The lowest BCUT2D eigenvalue weighted by atomic mass is 9.83. The van der Waals surface area contributed by atoms with Gasteiger partial charge in [-0.15, -0.1) is 0 Å². The van der Waals surface area contributed by atoms with Gasteiger partial charge in [0.25, 0.3) is 5.69 Å². The lowest BCUT2D eigenvalue weighted by Crippen LogP contribution is -2.32. The van der Waals surface area contributed by atoms with E-state index < -0.39 is 33.8 Å². The van der Waals surface area contributed by atoms with E-state index in [4.69, 9.17) is 32.7 Å². The fourth-order valence-corrected chi connectivity index (χ4v) is 8.12. The minimum atomic E-state index is -0.832. The third kappa shape index (κ3) is 4.94. The van der Waals surface area contributed by atoms with Gasteiger partial charge in [-0.25, -0.2) is 4.90 Å². The third-order valence-corrected chi connectivity index (χ3v) is 10.1. The number of methoxy groups -OCH3 is 1. The number of nitrogens with one attached hydrogen (secondary N) is 1. The van der Waals surface area contributed by atoms with Crippen LogP contribution in [0.3, 0.4) is 0 Å². The number of hydrogen-bond acceptors (Lipinski definition) is 9. The smallest absolute Gasteiger partial charge is 0.305 e. The number of thiazole rings is 1. The van der Waals surface area contributed by atoms with Gasteiger partial charge in [0.1, 0.15) is 11.9 Å². The number of fused-ring (bicyclic) bond motifs is 2. The minimum absolute atomic E-state index is 0.150. The van der Waals surface area contributed by atoms with Crippen molar-refractivity contribution in [3.8, 4) is 11.5 Å². The van der Waals surface area contributed by atoms with Crippen molar-refractivity contribution in [3.05, 3.63) is 106 Å². The first-order valence-corrected chi connectivity index (χ1v) is 14.9. The van der Waals surface area contributed by atoms with Crippen LogP contribution in [-0.4, -0.2) is 34.1 Å². The molecule has 1 saturated heterocycles. The maximum atomic E-state index is 13.9. The summed E-state index contributed by atoms with van der Waals surface area (Å²) in [6, 6.07) is 15.6. The highest BCUT2D eigenvalue weighted by atomic mass is 35.5. The molecule has 10 nitrogen and oxygen atoms in total. The number of aromatic amines is 1. The zero-order chi connectivity index (χ0) is 29.7. The Labute approximate surface area is 256 Å². The van der Waals surface area contributed by atoms with Gasteiger partial charge in [0.15, 0.2) is 11.5 Å². The number of halogens is 2. The summed E-state index contributed by atoms with van der Waals surface area (Å²) in [5.41, 5.74) is 1.46. The normalized spacial score (nSPS) is 19.4. The Hall–Kier alpha value is -3.84. The van der Waals surface area contributed by atoms with Crippen molar-refractivity contribution in [1.82, 2.24) is 4.98 Å². The highest BCUT2D eigenvalue weighted by Crippen LogP contribution is 2.54. The molecule has 42 heavy (non-hydrogen) atoms. The summed E-state index contributed by atoms with van der Waals surface area (Å²) in [4.78, 5) is 54.7. The second kappa shape index (κ2) is 11.1. The molecule has 3 unspecified atom stereocenters. The van der Waals surface area contributed by atoms with Crippen LogP contribution in [0.25, 0.3) is 0 Å². The number of ether oxygens (including phenoxy) is 2. The molecule has 0 spiro atoms. The number of nitrogens with zero attached hydrogens (tertiary/aromatic N) is 2. The molecule has 14 heteroatoms. The number of imide groups is 1. The summed E-state index contributed by atoms with van der Waals surface area (Å²) in [6.07, 6.45) is 0. The van der Waals surface area contributed by atoms with Crippen molar-refractivity contribution in [2.24, 2.45) is 5.92 Å². The number of nitro benzene ring substituents is 1. The molecule has 3 heterocycles. The Morgan fingerprint density at radius 3 is 2.45 bits per heavy atom. The van der Waals surface area contributed by atoms with Gasteiger partial charge in [0.2, 0.25) is 11.8 Å². The molecule has 4 aromatic rings. The van der Waals surface area contributed by atoms with Gasteiger partial charge < -0.3 is 14.5 Å². The van der Waals surface area contributed by atoms with Gasteiger partial charge in [0.05, 0.1) is 28.7 Å². The summed E-state index contributed by atoms with van der Waals surface area (Å²) >= 11 is 14.4. The van der Waals surface area contributed by atoms with Crippen LogP contribution >= 0.6 is 46.3 Å². The van der Waals surface area contributed by atoms with Crippen LogP contribution in [-0.2, 0) is 16.2 Å². The van der Waals surface area contributed by atoms with Gasteiger partial charge in [-0.1, -0.05) is 58.4 Å². The van der Waals surface area contributed by atoms with Crippen LogP contribution in [0.5, 0.6) is 11.5 Å². The van der Waals surface area contributed by atoms with Gasteiger partial charge in [-0.05, 0) is 42.0 Å². The number of thioether (sulfide) groups is 1. The maximum Gasteiger partial charge on any atom is 0.305 e. The third-order valence-electron chi connectivity index (χ3n) is 7.09. The fourth-order valence-electron chi connectivity index (χ4n) is 5.15. The van der Waals surface area contributed by atoms with E-state index >= 15 is 0 Å². The molecular formula is C28H19Cl2N3O7S2. The second-order valence-corrected chi connectivity index (χ2v) is 12.5. The molecule has 2 aliphatic rings. The molecule has 6 rings (SSSR count). The fraction of sp³-hybridized carbons (Fsp3) is 0.179. The second-order valence-electron chi connectivity index (χ2n) is 9.47. The zero-order valence-electron chi connectivity index (χ0n) is 21.5. The van der Waals surface area contributed by atoms with Crippen LogP contribution < -0.4 is 19.2 Å². The summed E-state index contributed by atoms with van der Waals surface area (Å²) in [7, 11) is 1.49. The Morgan fingerprint density at radius 1 is 1.00 bits per heavy atom. The van der Waals surface area contributed by atoms with Crippen LogP contribution in [0.15, 0.2) is 70.5 Å². The van der Waals surface area contributed by atoms with Crippen LogP contribution in [0.2, 0.25) is 10.0 Å². The number of carbonyl (C=O) groups excluding carboxylic acids is 2. The summed E-state index contributed by atoms with van der Waals surface area (Å²) < 4.78 is 11.6. The number of non-ortho nitro benzene ring substituents is 1. The first kappa shape index (κ1) is 28.3. The largest absolute Gasteiger partial charge is 0.493 e. The standard InChI is InChI=1S/C28H19Cl2N3O7S2/c1-39-20-10-13(3-9-19(20)40-12-14-2-4-15(29)11-18(14)30)21-22-24(41-25-23(21)42-28(36)31-25)27(35)32(26(22)34)16-5-7-17(8-6-16)33(37)38/h2-11,21-22,24H,12H2,1H3,(H,31,36). The van der Waals surface area contributed by atoms with E-state index in [9.17, 15) is 24.5 Å². The molecule has 2 amide bonds. The predicted molar refractivity (Wildman–Crippen MR) is 159 cm³/mol. The quantitative estimate of drug-likeness (QED) is 0.147. The SMILES string of the molecule is COc1cc(C2c3sc(=O)[nH]c3SC3C(=O)N(c4ccc([N+](=O)[O-])cc4)C(=O)C32)ccc1OCc1ccc(Cl)cc1Cl. The first-order valence-electron chi connectivity index (χ1n) is 12.4. The summed E-state index contributed by atoms with van der Waals surface area (Å²) in [6.45, 7) is 0.150. The highest BCUT2D eigenvalue weighted by molar-refractivity contribution is 8.00. The number of rotatable bonds is 7. The van der Waals surface area contributed by atoms with E-state index in [1.165, 1.54) is 31.4 Å². The molecule has 0 aliphatic carbocycles. The molecule has 0 bridgehead atoms. The molecule has 3 atom stereocenters. The highest BCUT2D eigenvalue weighted by Gasteiger charge is 2.56. The number of anilines is 1. The Balaban J connectivity index is 1.36. The number of H-pyrrole nitrogens is 1. The molecule has 214 valence electrons. The van der Waals surface area contributed by atoms with Crippen molar-refractivity contribution in [2.75, 3.05) is 12.0 Å². The predicted octanol–water partition coefficient (Wildman–Crippen LogP) is 6.03. The zero-order valence-corrected chi connectivity index (χ0v) is 24.7. The summed E-state index contributed by atoms with van der Waals surface area (Å²) in [5.74, 6) is -1.57. The molecule has 3 aromatic carbocycles. The lowest BCUT2D eigenvalue weighted by Gasteiger charge is -2.30. The van der Waals surface area contributed by atoms with Gasteiger partial charge in [-0.3, -0.25) is 24.5 Å².